The highest BCUT2D eigenvalue weighted by Gasteiger charge is 2.03. The van der Waals surface area contributed by atoms with Crippen molar-refractivity contribution in [1.29, 1.82) is 0 Å². The van der Waals surface area contributed by atoms with Gasteiger partial charge in [-0.25, -0.2) is 0 Å². The van der Waals surface area contributed by atoms with Crippen molar-refractivity contribution in [3.63, 3.8) is 0 Å². The van der Waals surface area contributed by atoms with Gasteiger partial charge in [-0.2, -0.15) is 0 Å². The monoisotopic (exact) mass is 339 g/mol. The Balaban J connectivity index is 2.00. The number of benzene rings is 1. The Labute approximate surface area is 126 Å². The van der Waals surface area contributed by atoms with E-state index in [1.807, 2.05) is 19.9 Å². The Morgan fingerprint density at radius 3 is 2.68 bits per heavy atom. The van der Waals surface area contributed by atoms with Gasteiger partial charge >= 0.3 is 0 Å². The topological polar surface area (TPSA) is 21.3 Å². The number of nitrogens with one attached hydrogen (secondary N) is 1. The summed E-state index contributed by atoms with van der Waals surface area (Å²) in [6, 6.07) is 8.31. The molecule has 0 radical (unpaired) electrons. The fraction of sp³-hybridized carbons (Fsp3) is 0.333. The smallest absolute Gasteiger partial charge is 0.120 e. The first-order valence-electron chi connectivity index (χ1n) is 6.28. The van der Waals surface area contributed by atoms with Crippen molar-refractivity contribution < 1.29 is 4.74 Å². The lowest BCUT2D eigenvalue weighted by atomic mass is 10.2. The number of thiophene rings is 1. The molecule has 4 heteroatoms. The van der Waals surface area contributed by atoms with Crippen molar-refractivity contribution in [2.75, 3.05) is 5.32 Å². The number of anilines is 1. The quantitative estimate of drug-likeness (QED) is 0.806. The lowest BCUT2D eigenvalue weighted by Gasteiger charge is -2.13. The summed E-state index contributed by atoms with van der Waals surface area (Å²) in [6.45, 7) is 7.01. The number of aryl methyl sites for hydroxylation is 1. The van der Waals surface area contributed by atoms with Gasteiger partial charge in [0.25, 0.3) is 0 Å². The lowest BCUT2D eigenvalue weighted by Crippen LogP contribution is -2.06. The maximum Gasteiger partial charge on any atom is 0.120 e. The molecule has 102 valence electrons. The van der Waals surface area contributed by atoms with E-state index in [0.717, 1.165) is 18.0 Å². The second-order valence-electron chi connectivity index (χ2n) is 4.76. The first-order chi connectivity index (χ1) is 9.04. The van der Waals surface area contributed by atoms with E-state index >= 15 is 0 Å². The van der Waals surface area contributed by atoms with Crippen molar-refractivity contribution in [3.8, 4) is 5.75 Å². The predicted molar refractivity (Wildman–Crippen MR) is 86.3 cm³/mol. The van der Waals surface area contributed by atoms with E-state index in [1.165, 1.54) is 14.9 Å². The molecular formula is C15H18BrNOS. The fourth-order valence-electron chi connectivity index (χ4n) is 1.82. The van der Waals surface area contributed by atoms with E-state index in [0.29, 0.717) is 0 Å². The third-order valence-corrected chi connectivity index (χ3v) is 4.23. The van der Waals surface area contributed by atoms with Gasteiger partial charge in [0.1, 0.15) is 5.75 Å². The first kappa shape index (κ1) is 14.4. The van der Waals surface area contributed by atoms with E-state index in [4.69, 9.17) is 4.74 Å². The van der Waals surface area contributed by atoms with Gasteiger partial charge in [-0.1, -0.05) is 0 Å². The second kappa shape index (κ2) is 6.44. The SMILES string of the molecule is Cc1cc(OC(C)C)ccc1NCc1csc(Br)c1. The second-order valence-corrected chi connectivity index (χ2v) is 7.05. The van der Waals surface area contributed by atoms with Crippen molar-refractivity contribution in [3.05, 3.63) is 44.6 Å². The van der Waals surface area contributed by atoms with Crippen LogP contribution in [0.5, 0.6) is 5.75 Å². The van der Waals surface area contributed by atoms with Crippen LogP contribution in [0, 0.1) is 6.92 Å². The molecule has 2 rings (SSSR count). The summed E-state index contributed by atoms with van der Waals surface area (Å²) >= 11 is 5.19. The first-order valence-corrected chi connectivity index (χ1v) is 7.96. The third-order valence-electron chi connectivity index (χ3n) is 2.67. The van der Waals surface area contributed by atoms with E-state index in [2.05, 4.69) is 51.7 Å². The van der Waals surface area contributed by atoms with E-state index in [9.17, 15) is 0 Å². The number of halogens is 1. The minimum Gasteiger partial charge on any atom is -0.491 e. The Morgan fingerprint density at radius 1 is 1.32 bits per heavy atom. The molecule has 19 heavy (non-hydrogen) atoms. The van der Waals surface area contributed by atoms with Gasteiger partial charge in [0.15, 0.2) is 0 Å². The van der Waals surface area contributed by atoms with Crippen LogP contribution in [0.1, 0.15) is 25.0 Å². The molecule has 1 heterocycles. The summed E-state index contributed by atoms with van der Waals surface area (Å²) in [5.74, 6) is 0.927. The van der Waals surface area contributed by atoms with Crippen LogP contribution in [0.2, 0.25) is 0 Å². The molecule has 1 aromatic heterocycles. The summed E-state index contributed by atoms with van der Waals surface area (Å²) in [6.07, 6.45) is 0.210. The van der Waals surface area contributed by atoms with Crippen LogP contribution in [0.15, 0.2) is 33.4 Å². The van der Waals surface area contributed by atoms with Gasteiger partial charge in [-0.05, 0) is 77.5 Å². The Morgan fingerprint density at radius 2 is 2.11 bits per heavy atom. The molecule has 1 N–H and O–H groups in total. The summed E-state index contributed by atoms with van der Waals surface area (Å²) in [7, 11) is 0. The van der Waals surface area contributed by atoms with Crippen molar-refractivity contribution >= 4 is 33.0 Å². The van der Waals surface area contributed by atoms with Crippen LogP contribution < -0.4 is 10.1 Å². The van der Waals surface area contributed by atoms with Crippen LogP contribution in [-0.4, -0.2) is 6.10 Å². The highest BCUT2D eigenvalue weighted by atomic mass is 79.9. The molecule has 0 aliphatic rings. The summed E-state index contributed by atoms with van der Waals surface area (Å²) < 4.78 is 6.85. The highest BCUT2D eigenvalue weighted by Crippen LogP contribution is 2.24. The van der Waals surface area contributed by atoms with Crippen LogP contribution >= 0.6 is 27.3 Å². The molecule has 2 nitrogen and oxygen atoms in total. The minimum absolute atomic E-state index is 0.210. The molecular weight excluding hydrogens is 322 g/mol. The number of hydrogen-bond acceptors (Lipinski definition) is 3. The molecule has 1 aromatic carbocycles. The molecule has 2 aromatic rings. The van der Waals surface area contributed by atoms with Gasteiger partial charge in [-0.15, -0.1) is 11.3 Å². The number of rotatable bonds is 5. The van der Waals surface area contributed by atoms with E-state index in [1.54, 1.807) is 11.3 Å². The Bertz CT molecular complexity index is 551. The molecule has 0 aliphatic heterocycles. The van der Waals surface area contributed by atoms with Gasteiger partial charge in [0.2, 0.25) is 0 Å². The van der Waals surface area contributed by atoms with Crippen molar-refractivity contribution in [2.45, 2.75) is 33.4 Å². The molecule has 0 amide bonds. The zero-order chi connectivity index (χ0) is 13.8. The highest BCUT2D eigenvalue weighted by molar-refractivity contribution is 9.11. The molecule has 0 atom stereocenters. The van der Waals surface area contributed by atoms with Crippen molar-refractivity contribution in [1.82, 2.24) is 0 Å². The maximum absolute atomic E-state index is 5.68. The fourth-order valence-corrected chi connectivity index (χ4v) is 3.02. The largest absolute Gasteiger partial charge is 0.491 e. The van der Waals surface area contributed by atoms with E-state index in [-0.39, 0.29) is 6.10 Å². The zero-order valence-electron chi connectivity index (χ0n) is 11.4. The van der Waals surface area contributed by atoms with Gasteiger partial charge in [0.05, 0.1) is 9.89 Å². The number of hydrogen-bond donors (Lipinski definition) is 1. The van der Waals surface area contributed by atoms with Gasteiger partial charge in [0, 0.05) is 12.2 Å². The maximum atomic E-state index is 5.68. The average molecular weight is 340 g/mol. The Hall–Kier alpha value is -1.00. The summed E-state index contributed by atoms with van der Waals surface area (Å²) in [4.78, 5) is 0. The van der Waals surface area contributed by atoms with Crippen LogP contribution in [-0.2, 0) is 6.54 Å². The predicted octanol–water partition coefficient (Wildman–Crippen LogP) is 5.22. The molecule has 0 spiro atoms. The van der Waals surface area contributed by atoms with Crippen LogP contribution in [0.25, 0.3) is 0 Å². The normalized spacial score (nSPS) is 10.8. The summed E-state index contributed by atoms with van der Waals surface area (Å²) in [5.41, 5.74) is 3.64. The lowest BCUT2D eigenvalue weighted by molar-refractivity contribution is 0.242. The third kappa shape index (κ3) is 4.25. The zero-order valence-corrected chi connectivity index (χ0v) is 13.8. The molecule has 0 saturated carbocycles. The van der Waals surface area contributed by atoms with E-state index < -0.39 is 0 Å². The molecule has 0 aliphatic carbocycles. The molecule has 0 unspecified atom stereocenters. The molecule has 0 fully saturated rings. The minimum atomic E-state index is 0.210. The molecule has 0 bridgehead atoms. The van der Waals surface area contributed by atoms with Gasteiger partial charge in [-0.3, -0.25) is 0 Å². The van der Waals surface area contributed by atoms with Crippen LogP contribution in [0.3, 0.4) is 0 Å². The standard InChI is InChI=1S/C15H18BrNOS/c1-10(2)18-13-4-5-14(11(3)6-13)17-8-12-7-15(16)19-9-12/h4-7,9-10,17H,8H2,1-3H3. The number of ether oxygens (including phenoxy) is 1. The van der Waals surface area contributed by atoms with Crippen molar-refractivity contribution in [2.24, 2.45) is 0 Å². The Kier molecular flexibility index (Phi) is 4.88. The van der Waals surface area contributed by atoms with Gasteiger partial charge < -0.3 is 10.1 Å². The van der Waals surface area contributed by atoms with Crippen LogP contribution in [0.4, 0.5) is 5.69 Å². The molecule has 0 saturated heterocycles. The summed E-state index contributed by atoms with van der Waals surface area (Å²) in [5, 5.41) is 5.61. The average Bonchev–Trinajstić information content (AvgIpc) is 2.73.